The van der Waals surface area contributed by atoms with Crippen molar-refractivity contribution in [3.8, 4) is 5.75 Å². The molecule has 0 unspecified atom stereocenters. The van der Waals surface area contributed by atoms with Crippen molar-refractivity contribution < 1.29 is 9.53 Å². The molecule has 1 aromatic heterocycles. The molecular weight excluding hydrogens is 318 g/mol. The molecule has 128 valence electrons. The predicted molar refractivity (Wildman–Crippen MR) is 95.5 cm³/mol. The first kappa shape index (κ1) is 16.7. The molecule has 0 aliphatic heterocycles. The minimum absolute atomic E-state index is 0.122. The van der Waals surface area contributed by atoms with Gasteiger partial charge in [-0.05, 0) is 29.8 Å². The van der Waals surface area contributed by atoms with Gasteiger partial charge < -0.3 is 10.1 Å². The highest BCUT2D eigenvalue weighted by atomic mass is 16.5. The summed E-state index contributed by atoms with van der Waals surface area (Å²) in [6.45, 7) is 0.710. The van der Waals surface area contributed by atoms with Gasteiger partial charge in [0.15, 0.2) is 0 Å². The number of carbonyl (C=O) groups is 1. The Balaban J connectivity index is 1.59. The zero-order valence-corrected chi connectivity index (χ0v) is 13.9. The number of nitrogens with one attached hydrogen (secondary N) is 1. The van der Waals surface area contributed by atoms with Crippen molar-refractivity contribution in [1.82, 2.24) is 14.9 Å². The van der Waals surface area contributed by atoms with Crippen LogP contribution in [0.3, 0.4) is 0 Å². The van der Waals surface area contributed by atoms with E-state index >= 15 is 0 Å². The van der Waals surface area contributed by atoms with Gasteiger partial charge in [-0.1, -0.05) is 24.3 Å². The summed E-state index contributed by atoms with van der Waals surface area (Å²) in [5.41, 5.74) is 1.48. The first-order valence-corrected chi connectivity index (χ1v) is 8.01. The monoisotopic (exact) mass is 337 g/mol. The number of methoxy groups -OCH3 is 1. The highest BCUT2D eigenvalue weighted by Gasteiger charge is 2.06. The van der Waals surface area contributed by atoms with Crippen molar-refractivity contribution in [3.63, 3.8) is 0 Å². The van der Waals surface area contributed by atoms with Gasteiger partial charge in [-0.2, -0.15) is 0 Å². The molecule has 1 heterocycles. The van der Waals surface area contributed by atoms with E-state index in [1.807, 2.05) is 30.3 Å². The molecule has 0 aliphatic rings. The Bertz CT molecular complexity index is 950. The third-order valence-electron chi connectivity index (χ3n) is 3.94. The average Bonchev–Trinajstić information content (AvgIpc) is 2.66. The Hall–Kier alpha value is -3.15. The van der Waals surface area contributed by atoms with Crippen molar-refractivity contribution >= 4 is 16.8 Å². The van der Waals surface area contributed by atoms with Crippen molar-refractivity contribution in [1.29, 1.82) is 0 Å². The molecule has 0 radical (unpaired) electrons. The van der Waals surface area contributed by atoms with E-state index in [9.17, 15) is 9.59 Å². The summed E-state index contributed by atoms with van der Waals surface area (Å²) in [5.74, 6) is 0.628. The number of ether oxygens (including phenoxy) is 1. The molecule has 3 aromatic rings. The maximum atomic E-state index is 12.4. The summed E-state index contributed by atoms with van der Waals surface area (Å²) < 4.78 is 6.62. The number of hydrogen-bond donors (Lipinski definition) is 1. The number of carbonyl (C=O) groups excluding carboxylic acids is 1. The lowest BCUT2D eigenvalue weighted by atomic mass is 10.2. The van der Waals surface area contributed by atoms with Crippen molar-refractivity contribution in [3.05, 3.63) is 70.8 Å². The third-order valence-corrected chi connectivity index (χ3v) is 3.94. The van der Waals surface area contributed by atoms with Crippen LogP contribution in [0.15, 0.2) is 59.7 Å². The van der Waals surface area contributed by atoms with Crippen LogP contribution in [0.4, 0.5) is 0 Å². The quantitative estimate of drug-likeness (QED) is 0.748. The molecule has 25 heavy (non-hydrogen) atoms. The molecule has 0 bridgehead atoms. The number of nitrogens with zero attached hydrogens (tertiary/aromatic N) is 2. The van der Waals surface area contributed by atoms with E-state index in [0.717, 1.165) is 11.3 Å². The van der Waals surface area contributed by atoms with Crippen LogP contribution in [-0.4, -0.2) is 22.6 Å². The molecule has 6 heteroatoms. The number of amides is 1. The standard InChI is InChI=1S/C19H19N3O3/c1-25-15-6-4-5-14(11-15)12-20-18(23)9-10-22-13-21-17-8-3-2-7-16(17)19(22)24/h2-8,11,13H,9-10,12H2,1H3,(H,20,23). The first-order chi connectivity index (χ1) is 12.2. The Morgan fingerprint density at radius 3 is 2.88 bits per heavy atom. The first-order valence-electron chi connectivity index (χ1n) is 8.01. The molecule has 0 saturated heterocycles. The number of aryl methyl sites for hydroxylation is 1. The van der Waals surface area contributed by atoms with Crippen LogP contribution in [0.2, 0.25) is 0 Å². The summed E-state index contributed by atoms with van der Waals surface area (Å²) in [7, 11) is 1.60. The second-order valence-corrected chi connectivity index (χ2v) is 5.64. The number of hydrogen-bond acceptors (Lipinski definition) is 4. The lowest BCUT2D eigenvalue weighted by Gasteiger charge is -2.08. The van der Waals surface area contributed by atoms with Gasteiger partial charge >= 0.3 is 0 Å². The van der Waals surface area contributed by atoms with Gasteiger partial charge in [-0.3, -0.25) is 14.2 Å². The molecular formula is C19H19N3O3. The Morgan fingerprint density at radius 1 is 1.20 bits per heavy atom. The van der Waals surface area contributed by atoms with E-state index in [4.69, 9.17) is 4.74 Å². The van der Waals surface area contributed by atoms with Gasteiger partial charge in [0.2, 0.25) is 5.91 Å². The van der Waals surface area contributed by atoms with Gasteiger partial charge in [0.05, 0.1) is 24.3 Å². The van der Waals surface area contributed by atoms with Crippen molar-refractivity contribution in [2.24, 2.45) is 0 Å². The largest absolute Gasteiger partial charge is 0.497 e. The summed E-state index contributed by atoms with van der Waals surface area (Å²) in [4.78, 5) is 28.7. The molecule has 0 fully saturated rings. The summed E-state index contributed by atoms with van der Waals surface area (Å²) >= 11 is 0. The number of aromatic nitrogens is 2. The van der Waals surface area contributed by atoms with Crippen LogP contribution < -0.4 is 15.6 Å². The van der Waals surface area contributed by atoms with Crippen LogP contribution in [0, 0.1) is 0 Å². The minimum Gasteiger partial charge on any atom is -0.497 e. The Morgan fingerprint density at radius 2 is 2.04 bits per heavy atom. The number of fused-ring (bicyclic) bond motifs is 1. The molecule has 0 spiro atoms. The second kappa shape index (κ2) is 7.61. The Kier molecular flexibility index (Phi) is 5.09. The zero-order chi connectivity index (χ0) is 17.6. The van der Waals surface area contributed by atoms with Gasteiger partial charge in [-0.25, -0.2) is 4.98 Å². The normalized spacial score (nSPS) is 10.6. The molecule has 6 nitrogen and oxygen atoms in total. The second-order valence-electron chi connectivity index (χ2n) is 5.64. The fourth-order valence-corrected chi connectivity index (χ4v) is 2.56. The molecule has 2 aromatic carbocycles. The van der Waals surface area contributed by atoms with Crippen LogP contribution in [-0.2, 0) is 17.9 Å². The lowest BCUT2D eigenvalue weighted by Crippen LogP contribution is -2.27. The van der Waals surface area contributed by atoms with Crippen LogP contribution in [0.5, 0.6) is 5.75 Å². The predicted octanol–water partition coefficient (Wildman–Crippen LogP) is 2.11. The van der Waals surface area contributed by atoms with Crippen molar-refractivity contribution in [2.75, 3.05) is 7.11 Å². The number of benzene rings is 2. The lowest BCUT2D eigenvalue weighted by molar-refractivity contribution is -0.121. The van der Waals surface area contributed by atoms with E-state index in [1.165, 1.54) is 10.9 Å². The van der Waals surface area contributed by atoms with E-state index in [0.29, 0.717) is 24.0 Å². The summed E-state index contributed by atoms with van der Waals surface area (Å²) in [5, 5.41) is 3.40. The van der Waals surface area contributed by atoms with Gasteiger partial charge in [-0.15, -0.1) is 0 Å². The van der Waals surface area contributed by atoms with E-state index < -0.39 is 0 Å². The average molecular weight is 337 g/mol. The highest BCUT2D eigenvalue weighted by molar-refractivity contribution is 5.77. The number of rotatable bonds is 6. The Labute approximate surface area is 145 Å². The maximum absolute atomic E-state index is 12.4. The number of para-hydroxylation sites is 1. The van der Waals surface area contributed by atoms with Crippen molar-refractivity contribution in [2.45, 2.75) is 19.5 Å². The third kappa shape index (κ3) is 4.03. The summed E-state index contributed by atoms with van der Waals surface area (Å²) in [6.07, 6.45) is 1.70. The fourth-order valence-electron chi connectivity index (χ4n) is 2.56. The molecule has 3 rings (SSSR count). The van der Waals surface area contributed by atoms with Gasteiger partial charge in [0.25, 0.3) is 5.56 Å². The fraction of sp³-hybridized carbons (Fsp3) is 0.211. The van der Waals surface area contributed by atoms with E-state index in [1.54, 1.807) is 25.3 Å². The summed E-state index contributed by atoms with van der Waals surface area (Å²) in [6, 6.07) is 14.7. The highest BCUT2D eigenvalue weighted by Crippen LogP contribution is 2.12. The molecule has 0 saturated carbocycles. The van der Waals surface area contributed by atoms with Gasteiger partial charge in [0, 0.05) is 19.5 Å². The van der Waals surface area contributed by atoms with E-state index in [-0.39, 0.29) is 17.9 Å². The maximum Gasteiger partial charge on any atom is 0.261 e. The molecule has 1 amide bonds. The molecule has 1 N–H and O–H groups in total. The SMILES string of the molecule is COc1cccc(CNC(=O)CCn2cnc3ccccc3c2=O)c1. The smallest absolute Gasteiger partial charge is 0.261 e. The van der Waals surface area contributed by atoms with Crippen LogP contribution in [0.25, 0.3) is 10.9 Å². The zero-order valence-electron chi connectivity index (χ0n) is 13.9. The van der Waals surface area contributed by atoms with Crippen LogP contribution >= 0.6 is 0 Å². The molecule has 0 atom stereocenters. The minimum atomic E-state index is -0.133. The molecule has 0 aliphatic carbocycles. The topological polar surface area (TPSA) is 73.2 Å². The van der Waals surface area contributed by atoms with E-state index in [2.05, 4.69) is 10.3 Å². The van der Waals surface area contributed by atoms with Crippen LogP contribution in [0.1, 0.15) is 12.0 Å². The van der Waals surface area contributed by atoms with Gasteiger partial charge in [0.1, 0.15) is 5.75 Å².